The molecule has 2 rings (SSSR count). The Balaban J connectivity index is 1.92. The van der Waals surface area contributed by atoms with E-state index in [9.17, 15) is 0 Å². The molecule has 0 bridgehead atoms. The van der Waals surface area contributed by atoms with E-state index in [1.807, 2.05) is 0 Å². The molecule has 0 aromatic carbocycles. The lowest BCUT2D eigenvalue weighted by atomic mass is 9.77. The van der Waals surface area contributed by atoms with Gasteiger partial charge in [0.25, 0.3) is 0 Å². The smallest absolute Gasteiger partial charge is 0.0687 e. The van der Waals surface area contributed by atoms with Crippen LogP contribution in [0, 0.1) is 5.41 Å². The predicted molar refractivity (Wildman–Crippen MR) is 72.0 cm³/mol. The zero-order valence-corrected chi connectivity index (χ0v) is 11.6. The molecule has 0 aromatic heterocycles. The van der Waals surface area contributed by atoms with E-state index in [-0.39, 0.29) is 5.60 Å². The fourth-order valence-electron chi connectivity index (χ4n) is 3.82. The number of hydrogen-bond donors (Lipinski definition) is 1. The first kappa shape index (κ1) is 13.4. The minimum Gasteiger partial charge on any atom is -0.372 e. The van der Waals surface area contributed by atoms with Gasteiger partial charge in [-0.15, -0.1) is 0 Å². The van der Waals surface area contributed by atoms with E-state index in [4.69, 9.17) is 10.5 Å². The van der Waals surface area contributed by atoms with Gasteiger partial charge in [0.2, 0.25) is 0 Å². The first-order valence-corrected chi connectivity index (χ1v) is 7.55. The Labute approximate surface area is 106 Å². The van der Waals surface area contributed by atoms with Gasteiger partial charge in [-0.1, -0.05) is 26.7 Å². The molecule has 1 aliphatic heterocycles. The van der Waals surface area contributed by atoms with Crippen molar-refractivity contribution >= 4 is 0 Å². The van der Waals surface area contributed by atoms with Crippen molar-refractivity contribution in [3.8, 4) is 0 Å². The van der Waals surface area contributed by atoms with Crippen LogP contribution in [0.15, 0.2) is 0 Å². The molecule has 0 aromatic rings. The van der Waals surface area contributed by atoms with Gasteiger partial charge >= 0.3 is 0 Å². The molecule has 0 radical (unpaired) electrons. The summed E-state index contributed by atoms with van der Waals surface area (Å²) in [4.78, 5) is 0. The Kier molecular flexibility index (Phi) is 4.14. The van der Waals surface area contributed by atoms with Crippen LogP contribution in [0.4, 0.5) is 0 Å². The molecule has 1 heterocycles. The van der Waals surface area contributed by atoms with Gasteiger partial charge in [-0.3, -0.25) is 0 Å². The number of ether oxygens (including phenoxy) is 1. The summed E-state index contributed by atoms with van der Waals surface area (Å²) in [7, 11) is 0. The Morgan fingerprint density at radius 2 is 1.82 bits per heavy atom. The molecular formula is C15H29NO. The van der Waals surface area contributed by atoms with Gasteiger partial charge in [0.05, 0.1) is 11.7 Å². The van der Waals surface area contributed by atoms with Crippen LogP contribution in [0.25, 0.3) is 0 Å². The molecule has 2 fully saturated rings. The van der Waals surface area contributed by atoms with Gasteiger partial charge in [0.15, 0.2) is 0 Å². The minimum absolute atomic E-state index is 0.284. The van der Waals surface area contributed by atoms with E-state index < -0.39 is 0 Å². The van der Waals surface area contributed by atoms with Crippen molar-refractivity contribution in [1.29, 1.82) is 0 Å². The molecule has 100 valence electrons. The van der Waals surface area contributed by atoms with Crippen LogP contribution in [-0.2, 0) is 4.74 Å². The zero-order valence-electron chi connectivity index (χ0n) is 11.6. The largest absolute Gasteiger partial charge is 0.372 e. The van der Waals surface area contributed by atoms with E-state index in [0.717, 1.165) is 6.54 Å². The van der Waals surface area contributed by atoms with Crippen molar-refractivity contribution in [2.24, 2.45) is 11.1 Å². The molecule has 0 amide bonds. The average Bonchev–Trinajstić information content (AvgIpc) is 2.98. The fraction of sp³-hybridized carbons (Fsp3) is 1.00. The molecule has 17 heavy (non-hydrogen) atoms. The Hall–Kier alpha value is -0.0800. The third-order valence-corrected chi connectivity index (χ3v) is 5.45. The highest BCUT2D eigenvalue weighted by molar-refractivity contribution is 4.94. The Morgan fingerprint density at radius 1 is 1.18 bits per heavy atom. The second kappa shape index (κ2) is 5.27. The normalized spacial score (nSPS) is 28.1. The lowest BCUT2D eigenvalue weighted by molar-refractivity contribution is -0.0537. The first-order chi connectivity index (χ1) is 8.17. The number of nitrogens with two attached hydrogens (primary N) is 1. The molecule has 1 aliphatic carbocycles. The van der Waals surface area contributed by atoms with E-state index in [0.29, 0.717) is 11.5 Å². The summed E-state index contributed by atoms with van der Waals surface area (Å²) < 4.78 is 6.42. The molecule has 1 saturated heterocycles. The van der Waals surface area contributed by atoms with Gasteiger partial charge in [-0.2, -0.15) is 0 Å². The highest BCUT2D eigenvalue weighted by Crippen LogP contribution is 2.46. The van der Waals surface area contributed by atoms with Crippen molar-refractivity contribution in [3.63, 3.8) is 0 Å². The summed E-state index contributed by atoms with van der Waals surface area (Å²) in [5.74, 6) is 0. The van der Waals surface area contributed by atoms with Gasteiger partial charge in [-0.25, -0.2) is 0 Å². The SMILES string of the molecule is CCC(CC)(CN)CC1CCC2(CCCC2)O1. The summed E-state index contributed by atoms with van der Waals surface area (Å²) >= 11 is 0. The zero-order chi connectivity index (χ0) is 12.4. The average molecular weight is 239 g/mol. The lowest BCUT2D eigenvalue weighted by Crippen LogP contribution is -2.34. The maximum atomic E-state index is 6.42. The van der Waals surface area contributed by atoms with Gasteiger partial charge in [0.1, 0.15) is 0 Å². The van der Waals surface area contributed by atoms with Gasteiger partial charge in [0, 0.05) is 0 Å². The lowest BCUT2D eigenvalue weighted by Gasteiger charge is -2.34. The van der Waals surface area contributed by atoms with Crippen molar-refractivity contribution in [2.75, 3.05) is 6.54 Å². The molecule has 2 N–H and O–H groups in total. The van der Waals surface area contributed by atoms with Gasteiger partial charge < -0.3 is 10.5 Å². The van der Waals surface area contributed by atoms with Crippen LogP contribution in [0.5, 0.6) is 0 Å². The van der Waals surface area contributed by atoms with Crippen molar-refractivity contribution in [3.05, 3.63) is 0 Å². The quantitative estimate of drug-likeness (QED) is 0.795. The molecule has 1 saturated carbocycles. The van der Waals surface area contributed by atoms with Crippen molar-refractivity contribution < 1.29 is 4.74 Å². The summed E-state index contributed by atoms with van der Waals surface area (Å²) in [6.07, 6.45) is 11.9. The first-order valence-electron chi connectivity index (χ1n) is 7.55. The third-order valence-electron chi connectivity index (χ3n) is 5.45. The number of rotatable bonds is 5. The summed E-state index contributed by atoms with van der Waals surface area (Å²) in [5.41, 5.74) is 6.61. The van der Waals surface area contributed by atoms with Crippen LogP contribution < -0.4 is 5.73 Å². The molecular weight excluding hydrogens is 210 g/mol. The standard InChI is InChI=1S/C15H29NO/c1-3-14(4-2,12-16)11-13-7-10-15(17-13)8-5-6-9-15/h13H,3-12,16H2,1-2H3. The molecule has 1 spiro atoms. The number of hydrogen-bond acceptors (Lipinski definition) is 2. The van der Waals surface area contributed by atoms with E-state index in [1.54, 1.807) is 0 Å². The highest BCUT2D eigenvalue weighted by atomic mass is 16.5. The Bertz CT molecular complexity index is 233. The van der Waals surface area contributed by atoms with Crippen molar-refractivity contribution in [2.45, 2.75) is 83.3 Å². The third kappa shape index (κ3) is 2.68. The molecule has 1 unspecified atom stereocenters. The molecule has 1 atom stereocenters. The topological polar surface area (TPSA) is 35.2 Å². The predicted octanol–water partition coefficient (Wildman–Crippen LogP) is 3.63. The van der Waals surface area contributed by atoms with Gasteiger partial charge in [-0.05, 0) is 56.9 Å². The second-order valence-electron chi connectivity index (χ2n) is 6.28. The monoisotopic (exact) mass is 239 g/mol. The van der Waals surface area contributed by atoms with Crippen LogP contribution in [-0.4, -0.2) is 18.2 Å². The van der Waals surface area contributed by atoms with Crippen molar-refractivity contribution in [1.82, 2.24) is 0 Å². The second-order valence-corrected chi connectivity index (χ2v) is 6.28. The maximum Gasteiger partial charge on any atom is 0.0687 e. The Morgan fingerprint density at radius 3 is 2.35 bits per heavy atom. The molecule has 2 aliphatic rings. The maximum absolute atomic E-state index is 6.42. The minimum atomic E-state index is 0.284. The van der Waals surface area contributed by atoms with Crippen LogP contribution in [0.3, 0.4) is 0 Å². The fourth-order valence-corrected chi connectivity index (χ4v) is 3.82. The van der Waals surface area contributed by atoms with Crippen LogP contribution in [0.1, 0.15) is 71.6 Å². The van der Waals surface area contributed by atoms with E-state index in [2.05, 4.69) is 13.8 Å². The molecule has 2 heteroatoms. The van der Waals surface area contributed by atoms with E-state index >= 15 is 0 Å². The van der Waals surface area contributed by atoms with Crippen LogP contribution in [0.2, 0.25) is 0 Å². The molecule has 2 nitrogen and oxygen atoms in total. The summed E-state index contributed by atoms with van der Waals surface area (Å²) in [6.45, 7) is 5.36. The van der Waals surface area contributed by atoms with Crippen LogP contribution >= 0.6 is 0 Å². The summed E-state index contributed by atoms with van der Waals surface area (Å²) in [5, 5.41) is 0. The van der Waals surface area contributed by atoms with E-state index in [1.165, 1.54) is 57.8 Å². The summed E-state index contributed by atoms with van der Waals surface area (Å²) in [6, 6.07) is 0. The highest BCUT2D eigenvalue weighted by Gasteiger charge is 2.43.